The first-order valence-electron chi connectivity index (χ1n) is 9.09. The number of hydrogen-bond acceptors (Lipinski definition) is 3. The predicted molar refractivity (Wildman–Crippen MR) is 104 cm³/mol. The van der Waals surface area contributed by atoms with Crippen molar-refractivity contribution in [3.63, 3.8) is 0 Å². The number of nitrogens with one attached hydrogen (secondary N) is 1. The molecule has 27 heavy (non-hydrogen) atoms. The Morgan fingerprint density at radius 3 is 2.26 bits per heavy atom. The molecule has 0 aromatic heterocycles. The molecule has 140 valence electrons. The summed E-state index contributed by atoms with van der Waals surface area (Å²) in [5.74, 6) is -1.31. The zero-order valence-electron chi connectivity index (χ0n) is 15.9. The minimum absolute atomic E-state index is 0.126. The molecular weight excluding hydrogens is 340 g/mol. The summed E-state index contributed by atoms with van der Waals surface area (Å²) in [7, 11) is 4.00. The Balaban J connectivity index is 2.13. The summed E-state index contributed by atoms with van der Waals surface area (Å²) in [6.45, 7) is 3.14. The third kappa shape index (κ3) is 3.78. The van der Waals surface area contributed by atoms with Gasteiger partial charge in [-0.1, -0.05) is 60.2 Å². The number of carbonyl (C=O) groups excluding carboxylic acids is 2. The van der Waals surface area contributed by atoms with Crippen LogP contribution in [0.5, 0.6) is 0 Å². The lowest BCUT2D eigenvalue weighted by molar-refractivity contribution is -0.857. The number of likely N-dealkylation sites (tertiary alicyclic amines) is 1. The Morgan fingerprint density at radius 1 is 1.04 bits per heavy atom. The zero-order valence-corrected chi connectivity index (χ0v) is 15.9. The summed E-state index contributed by atoms with van der Waals surface area (Å²) in [6, 6.07) is 16.1. The lowest BCUT2D eigenvalue weighted by atomic mass is 9.95. The largest absolute Gasteiger partial charge is 0.507 e. The van der Waals surface area contributed by atoms with Crippen LogP contribution in [0.1, 0.15) is 22.7 Å². The molecule has 1 amide bonds. The van der Waals surface area contributed by atoms with Crippen LogP contribution >= 0.6 is 0 Å². The first-order chi connectivity index (χ1) is 12.9. The van der Waals surface area contributed by atoms with Crippen molar-refractivity contribution in [3.05, 3.63) is 76.9 Å². The van der Waals surface area contributed by atoms with E-state index >= 15 is 0 Å². The number of aliphatic hydroxyl groups is 1. The highest BCUT2D eigenvalue weighted by Gasteiger charge is 2.46. The second-order valence-corrected chi connectivity index (χ2v) is 7.23. The van der Waals surface area contributed by atoms with E-state index in [4.69, 9.17) is 0 Å². The van der Waals surface area contributed by atoms with E-state index in [2.05, 4.69) is 0 Å². The molecule has 3 rings (SSSR count). The number of carbonyl (C=O) groups is 2. The van der Waals surface area contributed by atoms with E-state index in [9.17, 15) is 14.7 Å². The number of aryl methyl sites for hydroxylation is 1. The third-order valence-corrected chi connectivity index (χ3v) is 4.83. The molecule has 2 N–H and O–H groups in total. The number of likely N-dealkylation sites (N-methyl/N-ethyl adjacent to an activating group) is 1. The fourth-order valence-corrected chi connectivity index (χ4v) is 3.30. The van der Waals surface area contributed by atoms with Gasteiger partial charge in [0.05, 0.1) is 38.8 Å². The van der Waals surface area contributed by atoms with Crippen LogP contribution < -0.4 is 4.90 Å². The molecule has 1 atom stereocenters. The van der Waals surface area contributed by atoms with Gasteiger partial charge in [-0.05, 0) is 12.5 Å². The second-order valence-electron chi connectivity index (χ2n) is 7.23. The van der Waals surface area contributed by atoms with Crippen LogP contribution in [0, 0.1) is 6.92 Å². The fraction of sp³-hybridized carbons (Fsp3) is 0.273. The fourth-order valence-electron chi connectivity index (χ4n) is 3.30. The van der Waals surface area contributed by atoms with Crippen molar-refractivity contribution in [2.75, 3.05) is 27.2 Å². The highest BCUT2D eigenvalue weighted by Crippen LogP contribution is 2.39. The maximum Gasteiger partial charge on any atom is 0.295 e. The maximum atomic E-state index is 12.8. The first-order valence-corrected chi connectivity index (χ1v) is 9.09. The molecule has 1 fully saturated rings. The molecule has 2 aromatic rings. The van der Waals surface area contributed by atoms with E-state index in [0.29, 0.717) is 18.7 Å². The Hall–Kier alpha value is -2.92. The third-order valence-electron chi connectivity index (χ3n) is 4.83. The molecule has 0 radical (unpaired) electrons. The van der Waals surface area contributed by atoms with Crippen LogP contribution in [0.3, 0.4) is 0 Å². The van der Waals surface area contributed by atoms with E-state index in [1.165, 1.54) is 4.90 Å². The van der Waals surface area contributed by atoms with Gasteiger partial charge in [-0.3, -0.25) is 9.59 Å². The summed E-state index contributed by atoms with van der Waals surface area (Å²) in [5, 5.41) is 10.9. The van der Waals surface area contributed by atoms with Gasteiger partial charge in [-0.15, -0.1) is 0 Å². The molecule has 1 aliphatic heterocycles. The molecule has 1 saturated heterocycles. The predicted octanol–water partition coefficient (Wildman–Crippen LogP) is 1.56. The van der Waals surface area contributed by atoms with Crippen molar-refractivity contribution >= 4 is 17.4 Å². The van der Waals surface area contributed by atoms with Crippen LogP contribution in [-0.2, 0) is 9.59 Å². The molecule has 0 spiro atoms. The Bertz CT molecular complexity index is 870. The van der Waals surface area contributed by atoms with Crippen LogP contribution in [-0.4, -0.2) is 48.9 Å². The Labute approximate surface area is 159 Å². The van der Waals surface area contributed by atoms with Crippen LogP contribution in [0.25, 0.3) is 5.76 Å². The Kier molecular flexibility index (Phi) is 5.42. The van der Waals surface area contributed by atoms with E-state index in [-0.39, 0.29) is 11.3 Å². The van der Waals surface area contributed by atoms with Gasteiger partial charge in [0.2, 0.25) is 0 Å². The summed E-state index contributed by atoms with van der Waals surface area (Å²) in [4.78, 5) is 28.3. The van der Waals surface area contributed by atoms with Crippen molar-refractivity contribution in [1.82, 2.24) is 4.90 Å². The quantitative estimate of drug-likeness (QED) is 0.480. The highest BCUT2D eigenvalue weighted by molar-refractivity contribution is 6.46. The summed E-state index contributed by atoms with van der Waals surface area (Å²) >= 11 is 0. The van der Waals surface area contributed by atoms with E-state index in [0.717, 1.165) is 11.1 Å². The molecule has 2 aromatic carbocycles. The van der Waals surface area contributed by atoms with Crippen LogP contribution in [0.2, 0.25) is 0 Å². The van der Waals surface area contributed by atoms with Crippen molar-refractivity contribution in [3.8, 4) is 0 Å². The summed E-state index contributed by atoms with van der Waals surface area (Å²) in [6.07, 6.45) is 0. The van der Waals surface area contributed by atoms with Gasteiger partial charge in [0.1, 0.15) is 5.76 Å². The van der Waals surface area contributed by atoms with Crippen molar-refractivity contribution in [2.45, 2.75) is 13.0 Å². The SMILES string of the molecule is Cc1ccc([C@@H]2C(=C(O)c3ccccc3)C(=O)C(=O)N2CC[NH+](C)C)cc1. The number of nitrogens with zero attached hydrogens (tertiary/aromatic N) is 1. The zero-order chi connectivity index (χ0) is 19.6. The van der Waals surface area contributed by atoms with Crippen molar-refractivity contribution in [1.29, 1.82) is 0 Å². The van der Waals surface area contributed by atoms with E-state index in [1.807, 2.05) is 51.4 Å². The molecule has 0 bridgehead atoms. The highest BCUT2D eigenvalue weighted by atomic mass is 16.3. The van der Waals surface area contributed by atoms with Crippen molar-refractivity contribution < 1.29 is 19.6 Å². The van der Waals surface area contributed by atoms with Gasteiger partial charge in [0, 0.05) is 5.56 Å². The van der Waals surface area contributed by atoms with Gasteiger partial charge in [0.15, 0.2) is 0 Å². The lowest BCUT2D eigenvalue weighted by Gasteiger charge is -2.25. The second kappa shape index (κ2) is 7.76. The Morgan fingerprint density at radius 2 is 1.67 bits per heavy atom. The molecule has 1 aliphatic rings. The van der Waals surface area contributed by atoms with Crippen molar-refractivity contribution in [2.24, 2.45) is 0 Å². The maximum absolute atomic E-state index is 12.8. The number of ketones is 1. The monoisotopic (exact) mass is 365 g/mol. The molecule has 5 heteroatoms. The lowest BCUT2D eigenvalue weighted by Crippen LogP contribution is -3.06. The van der Waals surface area contributed by atoms with Gasteiger partial charge >= 0.3 is 0 Å². The van der Waals surface area contributed by atoms with Gasteiger partial charge in [-0.25, -0.2) is 0 Å². The average molecular weight is 365 g/mol. The van der Waals surface area contributed by atoms with Gasteiger partial charge in [-0.2, -0.15) is 0 Å². The first kappa shape index (κ1) is 18.9. The van der Waals surface area contributed by atoms with E-state index < -0.39 is 17.7 Å². The normalized spacial score (nSPS) is 19.1. The minimum Gasteiger partial charge on any atom is -0.507 e. The number of benzene rings is 2. The summed E-state index contributed by atoms with van der Waals surface area (Å²) in [5.41, 5.74) is 2.61. The van der Waals surface area contributed by atoms with E-state index in [1.54, 1.807) is 29.2 Å². The number of aliphatic hydroxyl groups excluding tert-OH is 1. The standard InChI is InChI=1S/C22H24N2O3/c1-15-9-11-16(12-10-15)19-18(20(25)17-7-5-4-6-8-17)21(26)22(27)24(19)14-13-23(2)3/h4-12,19,25H,13-14H2,1-3H3/p+1/t19-/m1/s1. The average Bonchev–Trinajstić information content (AvgIpc) is 2.91. The smallest absolute Gasteiger partial charge is 0.295 e. The number of hydrogen-bond donors (Lipinski definition) is 2. The molecule has 0 saturated carbocycles. The summed E-state index contributed by atoms with van der Waals surface area (Å²) < 4.78 is 0. The minimum atomic E-state index is -0.629. The molecule has 1 heterocycles. The van der Waals surface area contributed by atoms with Crippen LogP contribution in [0.4, 0.5) is 0 Å². The molecule has 5 nitrogen and oxygen atoms in total. The number of amides is 1. The number of quaternary nitrogens is 1. The molecular formula is C22H25N2O3+. The molecule has 0 unspecified atom stereocenters. The van der Waals surface area contributed by atoms with Gasteiger partial charge in [0.25, 0.3) is 11.7 Å². The van der Waals surface area contributed by atoms with Crippen LogP contribution in [0.15, 0.2) is 60.2 Å². The molecule has 0 aliphatic carbocycles. The topological polar surface area (TPSA) is 62.0 Å². The number of Topliss-reactive ketones (excluding diaryl/α,β-unsaturated/α-hetero) is 1. The van der Waals surface area contributed by atoms with Gasteiger partial charge < -0.3 is 14.9 Å². The number of rotatable bonds is 5.